The van der Waals surface area contributed by atoms with Gasteiger partial charge in [-0.1, -0.05) is 37.3 Å². The Morgan fingerprint density at radius 2 is 1.49 bits per heavy atom. The highest BCUT2D eigenvalue weighted by Crippen LogP contribution is 2.54. The van der Waals surface area contributed by atoms with Crippen LogP contribution in [0.1, 0.15) is 41.2 Å². The number of allylic oxidation sites excluding steroid dienone is 1. The van der Waals surface area contributed by atoms with Gasteiger partial charge in [0.25, 0.3) is 0 Å². The summed E-state index contributed by atoms with van der Waals surface area (Å²) in [5, 5.41) is 0. The van der Waals surface area contributed by atoms with Gasteiger partial charge in [-0.3, -0.25) is 0 Å². The van der Waals surface area contributed by atoms with Crippen molar-refractivity contribution in [3.63, 3.8) is 0 Å². The third-order valence-electron chi connectivity index (χ3n) is 8.33. The van der Waals surface area contributed by atoms with Crippen LogP contribution >= 0.6 is 0 Å². The van der Waals surface area contributed by atoms with E-state index in [0.29, 0.717) is 0 Å². The number of aryl methyl sites for hydroxylation is 1. The normalized spacial score (nSPS) is 21.1. The molecule has 4 heteroatoms. The van der Waals surface area contributed by atoms with E-state index in [0.717, 1.165) is 57.1 Å². The smallest absolute Gasteiger partial charge is 0.119 e. The van der Waals surface area contributed by atoms with Crippen molar-refractivity contribution in [3.05, 3.63) is 94.6 Å². The SMILES string of the molecule is CCN1CCN(c2ccc(C3=CC4(CCc5cc(OC)ccc54)c4ccc(OC)cc43)cc2)CC1. The second kappa shape index (κ2) is 8.76. The molecule has 180 valence electrons. The molecule has 35 heavy (non-hydrogen) atoms. The largest absolute Gasteiger partial charge is 0.497 e. The van der Waals surface area contributed by atoms with Gasteiger partial charge in [-0.2, -0.15) is 0 Å². The molecule has 4 nitrogen and oxygen atoms in total. The highest BCUT2D eigenvalue weighted by atomic mass is 16.5. The molecule has 0 bridgehead atoms. The molecule has 0 radical (unpaired) electrons. The van der Waals surface area contributed by atoms with Gasteiger partial charge >= 0.3 is 0 Å². The standard InChI is InChI=1S/C31H34N2O2/c1-4-32-15-17-33(18-16-32)24-7-5-22(6-8-24)28-21-31(30-12-10-26(35-3)20-27(28)30)14-13-23-19-25(34-2)9-11-29(23)31/h5-12,19-21H,4,13-18H2,1-3H3. The minimum Gasteiger partial charge on any atom is -0.497 e. The number of methoxy groups -OCH3 is 2. The van der Waals surface area contributed by atoms with Crippen molar-refractivity contribution >= 4 is 11.3 Å². The van der Waals surface area contributed by atoms with Gasteiger partial charge in [0.2, 0.25) is 0 Å². The Balaban J connectivity index is 1.39. The lowest BCUT2D eigenvalue weighted by molar-refractivity contribution is 0.271. The second-order valence-electron chi connectivity index (χ2n) is 9.93. The quantitative estimate of drug-likeness (QED) is 0.494. The van der Waals surface area contributed by atoms with Crippen LogP contribution in [0.5, 0.6) is 11.5 Å². The Kier molecular flexibility index (Phi) is 5.57. The van der Waals surface area contributed by atoms with E-state index in [-0.39, 0.29) is 5.41 Å². The molecule has 0 amide bonds. The van der Waals surface area contributed by atoms with E-state index >= 15 is 0 Å². The Morgan fingerprint density at radius 1 is 0.800 bits per heavy atom. The van der Waals surface area contributed by atoms with Crippen molar-refractivity contribution in [1.82, 2.24) is 4.90 Å². The predicted molar refractivity (Wildman–Crippen MR) is 143 cm³/mol. The molecule has 1 saturated heterocycles. The molecule has 1 fully saturated rings. The van der Waals surface area contributed by atoms with Crippen molar-refractivity contribution in [2.75, 3.05) is 51.8 Å². The van der Waals surface area contributed by atoms with E-state index in [1.165, 1.54) is 39.1 Å². The fourth-order valence-electron chi connectivity index (χ4n) is 6.31. The average molecular weight is 467 g/mol. The molecule has 3 aromatic carbocycles. The Morgan fingerprint density at radius 3 is 2.17 bits per heavy atom. The van der Waals surface area contributed by atoms with Crippen LogP contribution < -0.4 is 14.4 Å². The average Bonchev–Trinajstić information content (AvgIpc) is 3.46. The fourth-order valence-corrected chi connectivity index (χ4v) is 6.31. The zero-order valence-corrected chi connectivity index (χ0v) is 21.0. The van der Waals surface area contributed by atoms with Gasteiger partial charge in [-0.05, 0) is 89.2 Å². The van der Waals surface area contributed by atoms with Crippen molar-refractivity contribution in [2.45, 2.75) is 25.2 Å². The minimum atomic E-state index is -0.0896. The lowest BCUT2D eigenvalue weighted by Crippen LogP contribution is -2.46. The first-order chi connectivity index (χ1) is 17.1. The molecule has 2 aliphatic carbocycles. The van der Waals surface area contributed by atoms with Crippen molar-refractivity contribution in [3.8, 4) is 11.5 Å². The maximum absolute atomic E-state index is 5.64. The number of rotatable bonds is 5. The van der Waals surface area contributed by atoms with Crippen LogP contribution in [-0.2, 0) is 11.8 Å². The molecule has 0 aromatic heterocycles. The van der Waals surface area contributed by atoms with Crippen LogP contribution in [0, 0.1) is 0 Å². The summed E-state index contributed by atoms with van der Waals surface area (Å²) in [7, 11) is 3.50. The Bertz CT molecular complexity index is 1270. The zero-order chi connectivity index (χ0) is 24.0. The Labute approximate surface area is 208 Å². The number of nitrogens with zero attached hydrogens (tertiary/aromatic N) is 2. The van der Waals surface area contributed by atoms with E-state index in [9.17, 15) is 0 Å². The zero-order valence-electron chi connectivity index (χ0n) is 21.0. The van der Waals surface area contributed by atoms with Crippen LogP contribution in [0.15, 0.2) is 66.7 Å². The molecule has 3 aromatic rings. The Hall–Kier alpha value is -3.24. The van der Waals surface area contributed by atoms with E-state index in [4.69, 9.17) is 9.47 Å². The third-order valence-corrected chi connectivity index (χ3v) is 8.33. The van der Waals surface area contributed by atoms with E-state index in [1.54, 1.807) is 14.2 Å². The van der Waals surface area contributed by atoms with Crippen molar-refractivity contribution < 1.29 is 9.47 Å². The maximum Gasteiger partial charge on any atom is 0.119 e. The summed E-state index contributed by atoms with van der Waals surface area (Å²) in [6.07, 6.45) is 4.66. The van der Waals surface area contributed by atoms with Gasteiger partial charge < -0.3 is 19.3 Å². The van der Waals surface area contributed by atoms with Crippen LogP contribution in [0.4, 0.5) is 5.69 Å². The molecular formula is C31H34N2O2. The van der Waals surface area contributed by atoms with Crippen LogP contribution in [0.3, 0.4) is 0 Å². The lowest BCUT2D eigenvalue weighted by Gasteiger charge is -2.35. The fraction of sp³-hybridized carbons (Fsp3) is 0.355. The number of anilines is 1. The highest BCUT2D eigenvalue weighted by Gasteiger charge is 2.44. The first-order valence-corrected chi connectivity index (χ1v) is 12.8. The number of fused-ring (bicyclic) bond motifs is 4. The summed E-state index contributed by atoms with van der Waals surface area (Å²) in [5.74, 6) is 1.85. The molecular weight excluding hydrogens is 432 g/mol. The van der Waals surface area contributed by atoms with Gasteiger partial charge in [-0.15, -0.1) is 0 Å². The molecule has 0 N–H and O–H groups in total. The van der Waals surface area contributed by atoms with E-state index in [1.807, 2.05) is 0 Å². The van der Waals surface area contributed by atoms with Gasteiger partial charge in [0.15, 0.2) is 0 Å². The molecule has 6 rings (SSSR count). The van der Waals surface area contributed by atoms with Crippen molar-refractivity contribution in [2.24, 2.45) is 0 Å². The topological polar surface area (TPSA) is 24.9 Å². The molecule has 1 atom stereocenters. The summed E-state index contributed by atoms with van der Waals surface area (Å²) in [5.41, 5.74) is 9.29. The van der Waals surface area contributed by atoms with E-state index in [2.05, 4.69) is 83.5 Å². The monoisotopic (exact) mass is 466 g/mol. The summed E-state index contributed by atoms with van der Waals surface area (Å²) >= 11 is 0. The number of benzene rings is 3. The van der Waals surface area contributed by atoms with Gasteiger partial charge in [0, 0.05) is 37.3 Å². The molecule has 3 aliphatic rings. The number of hydrogen-bond acceptors (Lipinski definition) is 4. The molecule has 1 aliphatic heterocycles. The van der Waals surface area contributed by atoms with Crippen LogP contribution in [0.25, 0.3) is 5.57 Å². The number of piperazine rings is 1. The van der Waals surface area contributed by atoms with Crippen molar-refractivity contribution in [1.29, 1.82) is 0 Å². The van der Waals surface area contributed by atoms with Gasteiger partial charge in [0.1, 0.15) is 11.5 Å². The summed E-state index contributed by atoms with van der Waals surface area (Å²) in [4.78, 5) is 5.03. The summed E-state index contributed by atoms with van der Waals surface area (Å²) in [6.45, 7) is 7.87. The number of hydrogen-bond donors (Lipinski definition) is 0. The number of likely N-dealkylation sites (N-methyl/N-ethyl adjacent to an activating group) is 1. The maximum atomic E-state index is 5.64. The second-order valence-corrected chi connectivity index (χ2v) is 9.93. The summed E-state index contributed by atoms with van der Waals surface area (Å²) < 4.78 is 11.2. The first kappa shape index (κ1) is 22.2. The molecule has 0 saturated carbocycles. The third kappa shape index (κ3) is 3.63. The minimum absolute atomic E-state index is 0.0896. The van der Waals surface area contributed by atoms with Crippen LogP contribution in [-0.4, -0.2) is 51.8 Å². The predicted octanol–water partition coefficient (Wildman–Crippen LogP) is 5.52. The molecule has 1 spiro atoms. The highest BCUT2D eigenvalue weighted by molar-refractivity contribution is 5.90. The number of ether oxygens (including phenoxy) is 2. The first-order valence-electron chi connectivity index (χ1n) is 12.8. The van der Waals surface area contributed by atoms with Gasteiger partial charge in [-0.25, -0.2) is 0 Å². The molecule has 1 heterocycles. The lowest BCUT2D eigenvalue weighted by atomic mass is 9.77. The van der Waals surface area contributed by atoms with Gasteiger partial charge in [0.05, 0.1) is 14.2 Å². The molecule has 1 unspecified atom stereocenters. The van der Waals surface area contributed by atoms with Crippen LogP contribution in [0.2, 0.25) is 0 Å². The van der Waals surface area contributed by atoms with E-state index < -0.39 is 0 Å². The summed E-state index contributed by atoms with van der Waals surface area (Å²) in [6, 6.07) is 22.4.